The van der Waals surface area contributed by atoms with E-state index >= 15 is 0 Å². The van der Waals surface area contributed by atoms with E-state index in [0.29, 0.717) is 6.41 Å². The summed E-state index contributed by atoms with van der Waals surface area (Å²) >= 11 is 0. The van der Waals surface area contributed by atoms with Crippen molar-refractivity contribution < 1.29 is 29.6 Å². The van der Waals surface area contributed by atoms with Crippen molar-refractivity contribution in [1.29, 1.82) is 5.41 Å². The summed E-state index contributed by atoms with van der Waals surface area (Å²) in [6.45, 7) is -0.626. The highest BCUT2D eigenvalue weighted by molar-refractivity contribution is 5.77. The molecule has 1 aliphatic rings. The average Bonchev–Trinajstić information content (AvgIpc) is 3.10. The number of aromatic nitrogens is 4. The van der Waals surface area contributed by atoms with Crippen molar-refractivity contribution in [3.05, 3.63) is 18.1 Å². The fourth-order valence-corrected chi connectivity index (χ4v) is 2.61. The summed E-state index contributed by atoms with van der Waals surface area (Å²) in [7, 11) is 0. The number of rotatable bonds is 4. The molecule has 0 saturated carbocycles. The Labute approximate surface area is 127 Å². The molecule has 0 amide bonds. The molecule has 1 aliphatic heterocycles. The highest BCUT2D eigenvalue weighted by atomic mass is 16.6. The van der Waals surface area contributed by atoms with Gasteiger partial charge in [-0.15, -0.1) is 0 Å². The molecule has 11 heteroatoms. The second-order valence-electron chi connectivity index (χ2n) is 5.09. The SMILES string of the molecule is N=c1ncn(C=O)c2c1ncn2[C@@H]1O[C@H](CO)[C@@H](O)[C@]1(O)C=O. The molecule has 0 unspecified atom stereocenters. The van der Waals surface area contributed by atoms with Crippen LogP contribution >= 0.6 is 0 Å². The van der Waals surface area contributed by atoms with Gasteiger partial charge in [-0.3, -0.25) is 24.1 Å². The van der Waals surface area contributed by atoms with Crippen molar-refractivity contribution in [2.75, 3.05) is 6.61 Å². The Kier molecular flexibility index (Phi) is 3.56. The molecule has 0 radical (unpaired) electrons. The molecule has 0 spiro atoms. The Morgan fingerprint density at radius 2 is 2.13 bits per heavy atom. The number of imidazole rings is 1. The molecule has 3 heterocycles. The van der Waals surface area contributed by atoms with E-state index in [1.165, 1.54) is 0 Å². The van der Waals surface area contributed by atoms with Gasteiger partial charge in [0.1, 0.15) is 18.5 Å². The minimum Gasteiger partial charge on any atom is -0.394 e. The fourth-order valence-electron chi connectivity index (χ4n) is 2.61. The molecule has 4 N–H and O–H groups in total. The molecule has 1 saturated heterocycles. The normalized spacial score (nSPS) is 30.7. The lowest BCUT2D eigenvalue weighted by Gasteiger charge is -2.26. The number of carbonyl (C=O) groups excluding carboxylic acids is 2. The Hall–Kier alpha value is -2.47. The van der Waals surface area contributed by atoms with Gasteiger partial charge in [-0.2, -0.15) is 0 Å². The van der Waals surface area contributed by atoms with Gasteiger partial charge in [-0.05, 0) is 0 Å². The van der Waals surface area contributed by atoms with Crippen LogP contribution in [0.2, 0.25) is 0 Å². The van der Waals surface area contributed by atoms with Gasteiger partial charge in [0.15, 0.2) is 34.8 Å². The highest BCUT2D eigenvalue weighted by Gasteiger charge is 2.56. The first kappa shape index (κ1) is 15.4. The van der Waals surface area contributed by atoms with Crippen molar-refractivity contribution in [2.45, 2.75) is 24.0 Å². The van der Waals surface area contributed by atoms with Crippen molar-refractivity contribution in [1.82, 2.24) is 19.1 Å². The van der Waals surface area contributed by atoms with E-state index in [4.69, 9.17) is 10.1 Å². The van der Waals surface area contributed by atoms with Gasteiger partial charge < -0.3 is 20.1 Å². The predicted molar refractivity (Wildman–Crippen MR) is 71.5 cm³/mol. The van der Waals surface area contributed by atoms with Crippen LogP contribution in [0.4, 0.5) is 0 Å². The van der Waals surface area contributed by atoms with E-state index in [1.54, 1.807) is 0 Å². The van der Waals surface area contributed by atoms with Gasteiger partial charge in [-0.1, -0.05) is 0 Å². The first-order chi connectivity index (χ1) is 11.0. The summed E-state index contributed by atoms with van der Waals surface area (Å²) in [5.74, 6) is 0. The van der Waals surface area contributed by atoms with Gasteiger partial charge in [0.05, 0.1) is 12.9 Å². The maximum atomic E-state index is 11.3. The number of fused-ring (bicyclic) bond motifs is 1. The molecule has 122 valence electrons. The van der Waals surface area contributed by atoms with E-state index in [0.717, 1.165) is 21.8 Å². The number of nitrogens with one attached hydrogen (secondary N) is 1. The van der Waals surface area contributed by atoms with Crippen LogP contribution in [0, 0.1) is 5.41 Å². The van der Waals surface area contributed by atoms with E-state index in [-0.39, 0.29) is 22.9 Å². The molecular formula is C12H13N5O6. The third-order valence-corrected chi connectivity index (χ3v) is 3.81. The largest absolute Gasteiger partial charge is 0.394 e. The topological polar surface area (TPSA) is 164 Å². The van der Waals surface area contributed by atoms with Crippen LogP contribution in [-0.4, -0.2) is 71.5 Å². The second-order valence-corrected chi connectivity index (χ2v) is 5.09. The molecule has 3 rings (SSSR count). The summed E-state index contributed by atoms with van der Waals surface area (Å²) in [4.78, 5) is 30.1. The van der Waals surface area contributed by atoms with Gasteiger partial charge in [-0.25, -0.2) is 9.97 Å². The maximum Gasteiger partial charge on any atom is 0.220 e. The van der Waals surface area contributed by atoms with Crippen molar-refractivity contribution in [3.63, 3.8) is 0 Å². The maximum absolute atomic E-state index is 11.3. The quantitative estimate of drug-likeness (QED) is 0.430. The molecular weight excluding hydrogens is 310 g/mol. The predicted octanol–water partition coefficient (Wildman–Crippen LogP) is -3.07. The van der Waals surface area contributed by atoms with Crippen LogP contribution in [0.25, 0.3) is 11.2 Å². The Balaban J connectivity index is 2.24. The molecule has 2 aromatic rings. The number of aliphatic hydroxyl groups excluding tert-OH is 2. The second kappa shape index (κ2) is 5.31. The monoisotopic (exact) mass is 323 g/mol. The van der Waals surface area contributed by atoms with Crippen LogP contribution < -0.4 is 5.49 Å². The lowest BCUT2D eigenvalue weighted by Crippen LogP contribution is -2.48. The van der Waals surface area contributed by atoms with Crippen molar-refractivity contribution in [2.24, 2.45) is 0 Å². The number of nitrogens with zero attached hydrogens (tertiary/aromatic N) is 4. The fraction of sp³-hybridized carbons (Fsp3) is 0.417. The molecule has 4 atom stereocenters. The van der Waals surface area contributed by atoms with Crippen LogP contribution in [0.1, 0.15) is 6.23 Å². The standard InChI is InChI=1S/C12H13N5O6/c13-9-7-10(16(5-20)3-15-9)17(4-14-7)11-12(22,2-19)8(21)6(1-18)23-11/h2-6,8,11,13,18,21-22H,1H2/t6-,8-,11-,12-/m1/s1. The van der Waals surface area contributed by atoms with Crippen LogP contribution in [0.3, 0.4) is 0 Å². The van der Waals surface area contributed by atoms with Crippen molar-refractivity contribution >= 4 is 23.9 Å². The smallest absolute Gasteiger partial charge is 0.220 e. The molecule has 1 fully saturated rings. The first-order valence-corrected chi connectivity index (χ1v) is 6.54. The number of carbonyl (C=O) groups is 2. The highest BCUT2D eigenvalue weighted by Crippen LogP contribution is 2.38. The van der Waals surface area contributed by atoms with Crippen LogP contribution in [-0.2, 0) is 14.3 Å². The Morgan fingerprint density at radius 1 is 1.39 bits per heavy atom. The lowest BCUT2D eigenvalue weighted by atomic mass is 9.96. The summed E-state index contributed by atoms with van der Waals surface area (Å²) in [5.41, 5.74) is -2.48. The van der Waals surface area contributed by atoms with Gasteiger partial charge in [0.2, 0.25) is 6.41 Å². The zero-order chi connectivity index (χ0) is 16.8. The van der Waals surface area contributed by atoms with Crippen molar-refractivity contribution in [3.8, 4) is 0 Å². The first-order valence-electron chi connectivity index (χ1n) is 6.54. The average molecular weight is 323 g/mol. The van der Waals surface area contributed by atoms with E-state index < -0.39 is 30.6 Å². The summed E-state index contributed by atoms with van der Waals surface area (Å²) in [5, 5.41) is 37.3. The molecule has 0 aromatic carbocycles. The third kappa shape index (κ3) is 2.02. The Bertz CT molecular complexity index is 831. The van der Waals surface area contributed by atoms with E-state index in [9.17, 15) is 24.9 Å². The Morgan fingerprint density at radius 3 is 2.74 bits per heavy atom. The summed E-state index contributed by atoms with van der Waals surface area (Å²) < 4.78 is 7.48. The minimum absolute atomic E-state index is 0.0402. The van der Waals surface area contributed by atoms with Crippen LogP contribution in [0.5, 0.6) is 0 Å². The number of hydrogen-bond acceptors (Lipinski definition) is 9. The summed E-state index contributed by atoms with van der Waals surface area (Å²) in [6, 6.07) is 0. The number of ether oxygens (including phenoxy) is 1. The number of hydrogen-bond donors (Lipinski definition) is 4. The van der Waals surface area contributed by atoms with E-state index in [2.05, 4.69) is 9.97 Å². The third-order valence-electron chi connectivity index (χ3n) is 3.81. The minimum atomic E-state index is -2.35. The van der Waals surface area contributed by atoms with Gasteiger partial charge >= 0.3 is 0 Å². The molecule has 2 aromatic heterocycles. The van der Waals surface area contributed by atoms with Crippen LogP contribution in [0.15, 0.2) is 12.7 Å². The zero-order valence-electron chi connectivity index (χ0n) is 11.6. The lowest BCUT2D eigenvalue weighted by molar-refractivity contribution is -0.144. The number of aliphatic hydroxyl groups is 3. The van der Waals surface area contributed by atoms with E-state index in [1.807, 2.05) is 0 Å². The molecule has 11 nitrogen and oxygen atoms in total. The number of aldehydes is 1. The zero-order valence-corrected chi connectivity index (χ0v) is 11.6. The molecule has 0 aliphatic carbocycles. The molecule has 0 bridgehead atoms. The van der Waals surface area contributed by atoms with Gasteiger partial charge in [0.25, 0.3) is 0 Å². The molecule has 23 heavy (non-hydrogen) atoms. The summed E-state index contributed by atoms with van der Waals surface area (Å²) in [6.07, 6.45) is -1.57. The van der Waals surface area contributed by atoms with Gasteiger partial charge in [0, 0.05) is 0 Å².